The van der Waals surface area contributed by atoms with Crippen LogP contribution in [-0.2, 0) is 9.59 Å². The molecule has 0 bridgehead atoms. The molecule has 0 spiro atoms. The fourth-order valence-electron chi connectivity index (χ4n) is 6.99. The fourth-order valence-corrected chi connectivity index (χ4v) is 6.99. The lowest BCUT2D eigenvalue weighted by atomic mass is 9.45. The Hall–Kier alpha value is -1.04. The van der Waals surface area contributed by atoms with Gasteiger partial charge in [-0.1, -0.05) is 18.6 Å². The first-order valence-electron chi connectivity index (χ1n) is 9.88. The fraction of sp³-hybridized carbons (Fsp3) is 0.810. The van der Waals surface area contributed by atoms with Crippen molar-refractivity contribution < 1.29 is 24.9 Å². The summed E-state index contributed by atoms with van der Waals surface area (Å²) in [5.41, 5.74) is -1.82. The number of hydrogen-bond donors (Lipinski definition) is 3. The molecule has 0 aromatic heterocycles. The second-order valence-corrected chi connectivity index (χ2v) is 9.56. The highest BCUT2D eigenvalue weighted by Crippen LogP contribution is 2.66. The van der Waals surface area contributed by atoms with Gasteiger partial charge < -0.3 is 15.3 Å². The summed E-state index contributed by atoms with van der Waals surface area (Å²) in [4.78, 5) is 25.5. The van der Waals surface area contributed by atoms with E-state index in [1.807, 2.05) is 0 Å². The van der Waals surface area contributed by atoms with Gasteiger partial charge in [-0.2, -0.15) is 0 Å². The van der Waals surface area contributed by atoms with Crippen LogP contribution in [0, 0.1) is 28.6 Å². The maximum atomic E-state index is 13.3. The summed E-state index contributed by atoms with van der Waals surface area (Å²) in [6, 6.07) is 0. The minimum atomic E-state index is -1.57. The van der Waals surface area contributed by atoms with Gasteiger partial charge in [0.05, 0.1) is 17.6 Å². The van der Waals surface area contributed by atoms with E-state index in [1.54, 1.807) is 6.92 Å². The van der Waals surface area contributed by atoms with Gasteiger partial charge in [0.2, 0.25) is 0 Å². The summed E-state index contributed by atoms with van der Waals surface area (Å²) in [7, 11) is 0. The third kappa shape index (κ3) is 1.97. The van der Waals surface area contributed by atoms with Crippen LogP contribution in [0.25, 0.3) is 0 Å². The number of carbonyl (C=O) groups is 2. The Morgan fingerprint density at radius 3 is 2.54 bits per heavy atom. The molecule has 4 aliphatic carbocycles. The smallest absolute Gasteiger partial charge is 0.142 e. The Balaban J connectivity index is 1.82. The number of aliphatic hydroxyl groups is 3. The molecule has 4 rings (SSSR count). The topological polar surface area (TPSA) is 94.8 Å². The van der Waals surface area contributed by atoms with E-state index >= 15 is 0 Å². The first-order chi connectivity index (χ1) is 12.1. The maximum Gasteiger partial charge on any atom is 0.142 e. The van der Waals surface area contributed by atoms with Crippen LogP contribution < -0.4 is 0 Å². The number of allylic oxidation sites excluding steroid dienone is 1. The highest BCUT2D eigenvalue weighted by atomic mass is 16.3. The Morgan fingerprint density at radius 1 is 1.19 bits per heavy atom. The van der Waals surface area contributed by atoms with Crippen molar-refractivity contribution in [1.82, 2.24) is 0 Å². The van der Waals surface area contributed by atoms with E-state index in [0.717, 1.165) is 6.42 Å². The first-order valence-corrected chi connectivity index (χ1v) is 9.88. The molecule has 26 heavy (non-hydrogen) atoms. The zero-order valence-corrected chi connectivity index (χ0v) is 15.9. The second-order valence-electron chi connectivity index (χ2n) is 9.56. The van der Waals surface area contributed by atoms with Crippen LogP contribution in [-0.4, -0.2) is 44.7 Å². The van der Waals surface area contributed by atoms with Gasteiger partial charge in [0.15, 0.2) is 0 Å². The molecule has 0 saturated heterocycles. The minimum Gasteiger partial charge on any atom is -0.393 e. The Bertz CT molecular complexity index is 699. The number of Topliss-reactive ketones (excluding diaryl/α,β-unsaturated/α-hetero) is 2. The van der Waals surface area contributed by atoms with Gasteiger partial charge >= 0.3 is 0 Å². The number of fused-ring (bicyclic) bond motifs is 5. The van der Waals surface area contributed by atoms with Crippen LogP contribution in [0.1, 0.15) is 59.3 Å². The third-order valence-electron chi connectivity index (χ3n) is 8.64. The molecule has 0 aliphatic heterocycles. The summed E-state index contributed by atoms with van der Waals surface area (Å²) in [5, 5.41) is 32.7. The summed E-state index contributed by atoms with van der Waals surface area (Å²) < 4.78 is 0. The van der Waals surface area contributed by atoms with Crippen LogP contribution in [0.15, 0.2) is 11.6 Å². The van der Waals surface area contributed by atoms with Gasteiger partial charge in [-0.25, -0.2) is 0 Å². The van der Waals surface area contributed by atoms with E-state index < -0.39 is 23.0 Å². The molecule has 3 fully saturated rings. The number of aliphatic hydroxyl groups excluding tert-OH is 2. The lowest BCUT2D eigenvalue weighted by Crippen LogP contribution is -2.67. The van der Waals surface area contributed by atoms with Crippen LogP contribution in [0.5, 0.6) is 0 Å². The molecule has 0 amide bonds. The average molecular weight is 362 g/mol. The van der Waals surface area contributed by atoms with E-state index in [0.29, 0.717) is 25.7 Å². The van der Waals surface area contributed by atoms with Gasteiger partial charge in [-0.15, -0.1) is 0 Å². The predicted octanol–water partition coefficient (Wildman–Crippen LogP) is 1.78. The number of rotatable bonds is 1. The summed E-state index contributed by atoms with van der Waals surface area (Å²) in [6.07, 6.45) is 3.90. The van der Waals surface area contributed by atoms with E-state index in [2.05, 4.69) is 13.0 Å². The molecule has 0 heterocycles. The quantitative estimate of drug-likeness (QED) is 0.618. The monoisotopic (exact) mass is 362 g/mol. The molecule has 5 heteroatoms. The summed E-state index contributed by atoms with van der Waals surface area (Å²) in [6.45, 7) is 5.29. The highest BCUT2D eigenvalue weighted by molar-refractivity contribution is 5.95. The van der Waals surface area contributed by atoms with Crippen molar-refractivity contribution in [2.45, 2.75) is 77.1 Å². The molecule has 3 saturated carbocycles. The molecule has 8 atom stereocenters. The van der Waals surface area contributed by atoms with Gasteiger partial charge in [0.1, 0.15) is 17.2 Å². The molecule has 5 nitrogen and oxygen atoms in total. The van der Waals surface area contributed by atoms with Gasteiger partial charge in [0, 0.05) is 12.3 Å². The number of ketones is 2. The molecule has 3 N–H and O–H groups in total. The number of hydrogen-bond acceptors (Lipinski definition) is 5. The van der Waals surface area contributed by atoms with E-state index in [1.165, 1.54) is 12.5 Å². The third-order valence-corrected chi connectivity index (χ3v) is 8.64. The second kappa shape index (κ2) is 5.49. The zero-order chi connectivity index (χ0) is 19.1. The highest BCUT2D eigenvalue weighted by Gasteiger charge is 2.73. The lowest BCUT2D eigenvalue weighted by Gasteiger charge is -2.60. The molecular weight excluding hydrogens is 332 g/mol. The first kappa shape index (κ1) is 18.3. The van der Waals surface area contributed by atoms with Crippen LogP contribution in [0.2, 0.25) is 0 Å². The molecule has 0 aromatic rings. The van der Waals surface area contributed by atoms with Gasteiger partial charge in [0.25, 0.3) is 0 Å². The SMILES string of the molecule is CC(=O)C1CC(O)C2(O)C3CC=C4CC(O)CCC4(C)C3CC(=O)C12C. The van der Waals surface area contributed by atoms with Gasteiger partial charge in [-0.05, 0) is 63.2 Å². The van der Waals surface area contributed by atoms with Crippen molar-refractivity contribution in [3.8, 4) is 0 Å². The van der Waals surface area contributed by atoms with Gasteiger partial charge in [-0.3, -0.25) is 9.59 Å². The minimum absolute atomic E-state index is 0.0547. The molecule has 144 valence electrons. The van der Waals surface area contributed by atoms with Crippen molar-refractivity contribution in [2.24, 2.45) is 28.6 Å². The van der Waals surface area contributed by atoms with Crippen molar-refractivity contribution in [3.05, 3.63) is 11.6 Å². The molecular formula is C21H30O5. The Kier molecular flexibility index (Phi) is 3.87. The molecule has 0 radical (unpaired) electrons. The van der Waals surface area contributed by atoms with Crippen LogP contribution in [0.4, 0.5) is 0 Å². The average Bonchev–Trinajstić information content (AvgIpc) is 2.79. The van der Waals surface area contributed by atoms with Crippen LogP contribution in [0.3, 0.4) is 0 Å². The van der Waals surface area contributed by atoms with Crippen molar-refractivity contribution in [2.75, 3.05) is 0 Å². The maximum absolute atomic E-state index is 13.3. The summed E-state index contributed by atoms with van der Waals surface area (Å²) in [5.74, 6) is -1.14. The lowest BCUT2D eigenvalue weighted by molar-refractivity contribution is -0.209. The molecule has 4 aliphatic rings. The largest absolute Gasteiger partial charge is 0.393 e. The van der Waals surface area contributed by atoms with Crippen molar-refractivity contribution in [1.29, 1.82) is 0 Å². The van der Waals surface area contributed by atoms with Crippen molar-refractivity contribution in [3.63, 3.8) is 0 Å². The summed E-state index contributed by atoms with van der Waals surface area (Å²) >= 11 is 0. The zero-order valence-electron chi connectivity index (χ0n) is 15.9. The van der Waals surface area contributed by atoms with E-state index in [9.17, 15) is 24.9 Å². The van der Waals surface area contributed by atoms with E-state index in [-0.39, 0.29) is 41.3 Å². The van der Waals surface area contributed by atoms with Crippen molar-refractivity contribution >= 4 is 11.6 Å². The molecule has 8 unspecified atom stereocenters. The van der Waals surface area contributed by atoms with Crippen LogP contribution >= 0.6 is 0 Å². The predicted molar refractivity (Wildman–Crippen MR) is 95.1 cm³/mol. The Morgan fingerprint density at radius 2 is 1.88 bits per heavy atom. The standard InChI is InChI=1S/C21H30O5/c1-11(22)15-9-18(25)21(26)14-5-4-12-8-13(23)6-7-19(12,2)16(14)10-17(24)20(15,21)3/h4,13-16,18,23,25-26H,5-10H2,1-3H3. The molecule has 0 aromatic carbocycles. The normalized spacial score (nSPS) is 53.4. The number of carbonyl (C=O) groups excluding carboxylic acids is 2. The Labute approximate surface area is 154 Å². The van der Waals surface area contributed by atoms with E-state index in [4.69, 9.17) is 0 Å².